The molecule has 2 fully saturated rings. The average Bonchev–Trinajstić information content (AvgIpc) is 3.22. The lowest BCUT2D eigenvalue weighted by atomic mass is 9.96. The van der Waals surface area contributed by atoms with Crippen LogP contribution in [-0.4, -0.2) is 51.9 Å². The van der Waals surface area contributed by atoms with E-state index < -0.39 is 0 Å². The fraction of sp³-hybridized carbons (Fsp3) is 0.433. The first-order chi connectivity index (χ1) is 19.3. The largest absolute Gasteiger partial charge is 0.466 e. The van der Waals surface area contributed by atoms with E-state index in [-0.39, 0.29) is 28.9 Å². The highest BCUT2D eigenvalue weighted by molar-refractivity contribution is 8.26. The van der Waals surface area contributed by atoms with Gasteiger partial charge in [0.05, 0.1) is 17.4 Å². The zero-order valence-electron chi connectivity index (χ0n) is 23.1. The first kappa shape index (κ1) is 29.6. The molecule has 1 amide bonds. The third-order valence-corrected chi connectivity index (χ3v) is 8.63. The number of aromatic nitrogens is 1. The summed E-state index contributed by atoms with van der Waals surface area (Å²) < 4.78 is 7.41. The van der Waals surface area contributed by atoms with E-state index in [1.54, 1.807) is 29.4 Å². The van der Waals surface area contributed by atoms with Crippen molar-refractivity contribution < 1.29 is 14.3 Å². The van der Waals surface area contributed by atoms with Crippen molar-refractivity contribution in [2.45, 2.75) is 53.0 Å². The van der Waals surface area contributed by atoms with Crippen molar-refractivity contribution in [3.05, 3.63) is 67.8 Å². The molecule has 1 unspecified atom stereocenters. The summed E-state index contributed by atoms with van der Waals surface area (Å²) in [5, 5.41) is 9.91. The fourth-order valence-corrected chi connectivity index (χ4v) is 6.54. The first-order valence-corrected chi connectivity index (χ1v) is 14.9. The van der Waals surface area contributed by atoms with Gasteiger partial charge in [0.2, 0.25) is 0 Å². The number of thioether (sulfide) groups is 1. The van der Waals surface area contributed by atoms with Crippen LogP contribution in [0.5, 0.6) is 0 Å². The summed E-state index contributed by atoms with van der Waals surface area (Å²) >= 11 is 6.81. The number of carbonyl (C=O) groups is 2. The number of rotatable bonds is 9. The fourth-order valence-electron chi connectivity index (χ4n) is 5.25. The van der Waals surface area contributed by atoms with Gasteiger partial charge in [0.15, 0.2) is 0 Å². The van der Waals surface area contributed by atoms with Crippen LogP contribution in [0.2, 0.25) is 0 Å². The van der Waals surface area contributed by atoms with E-state index in [1.165, 1.54) is 11.8 Å². The van der Waals surface area contributed by atoms with E-state index in [0.717, 1.165) is 12.0 Å². The highest BCUT2D eigenvalue weighted by Crippen LogP contribution is 2.37. The van der Waals surface area contributed by atoms with E-state index >= 15 is 0 Å². The molecule has 0 saturated carbocycles. The van der Waals surface area contributed by atoms with Crippen molar-refractivity contribution in [3.63, 3.8) is 0 Å². The van der Waals surface area contributed by atoms with Crippen LogP contribution in [0, 0.1) is 24.2 Å². The lowest BCUT2D eigenvalue weighted by Gasteiger charge is -2.36. The summed E-state index contributed by atoms with van der Waals surface area (Å²) in [6.45, 7) is 7.71. The van der Waals surface area contributed by atoms with Crippen LogP contribution >= 0.6 is 24.0 Å². The Hall–Kier alpha value is -3.42. The number of nitrogens with zero attached hydrogens (tertiary/aromatic N) is 4. The number of ether oxygens (including phenoxy) is 1. The molecule has 2 aliphatic heterocycles. The predicted octanol–water partition coefficient (Wildman–Crippen LogP) is 4.66. The molecule has 10 heteroatoms. The Labute approximate surface area is 244 Å². The van der Waals surface area contributed by atoms with Gasteiger partial charge in [0, 0.05) is 31.7 Å². The number of amides is 1. The highest BCUT2D eigenvalue weighted by atomic mass is 32.2. The van der Waals surface area contributed by atoms with Crippen molar-refractivity contribution in [1.82, 2.24) is 9.47 Å². The monoisotopic (exact) mass is 578 g/mol. The highest BCUT2D eigenvalue weighted by Gasteiger charge is 2.34. The number of thiocarbonyl (C=S) groups is 1. The number of anilines is 1. The molecule has 0 radical (unpaired) electrons. The zero-order valence-corrected chi connectivity index (χ0v) is 24.8. The molecule has 1 aromatic heterocycles. The lowest BCUT2D eigenvalue weighted by Crippen LogP contribution is -2.43. The second kappa shape index (κ2) is 13.3. The van der Waals surface area contributed by atoms with E-state index in [4.69, 9.17) is 17.0 Å². The van der Waals surface area contributed by atoms with Gasteiger partial charge in [0.1, 0.15) is 21.8 Å². The van der Waals surface area contributed by atoms with Gasteiger partial charge in [-0.3, -0.25) is 23.9 Å². The summed E-state index contributed by atoms with van der Waals surface area (Å²) in [4.78, 5) is 43.7. The van der Waals surface area contributed by atoms with Gasteiger partial charge >= 0.3 is 5.97 Å². The maximum atomic E-state index is 13.5. The SMILES string of the molecule is CCCn1c(N2CCCC(C(=O)OCC)C2)c(/C=C2/SC(=S)N(CCc3ccccc3)C2=O)c(C)c(C#N)c1=O. The molecule has 0 spiro atoms. The van der Waals surface area contributed by atoms with Crippen molar-refractivity contribution in [3.8, 4) is 6.07 Å². The number of carbonyl (C=O) groups excluding carboxylic acids is 2. The van der Waals surface area contributed by atoms with Crippen LogP contribution in [0.4, 0.5) is 5.82 Å². The summed E-state index contributed by atoms with van der Waals surface area (Å²) in [6.07, 6.45) is 4.58. The number of hydrogen-bond donors (Lipinski definition) is 0. The molecule has 1 aromatic carbocycles. The molecule has 40 heavy (non-hydrogen) atoms. The number of piperidine rings is 1. The Morgan fingerprint density at radius 3 is 2.65 bits per heavy atom. The van der Waals surface area contributed by atoms with Gasteiger partial charge in [-0.05, 0) is 56.7 Å². The van der Waals surface area contributed by atoms with Crippen molar-refractivity contribution in [2.75, 3.05) is 31.1 Å². The molecule has 2 aliphatic rings. The van der Waals surface area contributed by atoms with E-state index in [9.17, 15) is 19.6 Å². The minimum Gasteiger partial charge on any atom is -0.466 e. The minimum atomic E-state index is -0.359. The smallest absolute Gasteiger partial charge is 0.310 e. The number of esters is 1. The Balaban J connectivity index is 1.76. The second-order valence-electron chi connectivity index (χ2n) is 9.91. The molecule has 2 aromatic rings. The van der Waals surface area contributed by atoms with Crippen molar-refractivity contribution in [2.24, 2.45) is 5.92 Å². The van der Waals surface area contributed by atoms with Crippen LogP contribution in [0.1, 0.15) is 55.4 Å². The molecule has 0 N–H and O–H groups in total. The first-order valence-electron chi connectivity index (χ1n) is 13.7. The van der Waals surface area contributed by atoms with Gasteiger partial charge < -0.3 is 9.64 Å². The molecule has 1 atom stereocenters. The van der Waals surface area contributed by atoms with E-state index in [2.05, 4.69) is 6.07 Å². The predicted molar refractivity (Wildman–Crippen MR) is 162 cm³/mol. The molecular weight excluding hydrogens is 544 g/mol. The molecule has 0 bridgehead atoms. The molecular formula is C30H34N4O4S2. The van der Waals surface area contributed by atoms with Crippen LogP contribution in [0.25, 0.3) is 6.08 Å². The average molecular weight is 579 g/mol. The Morgan fingerprint density at radius 2 is 1.98 bits per heavy atom. The summed E-state index contributed by atoms with van der Waals surface area (Å²) in [7, 11) is 0. The van der Waals surface area contributed by atoms with Crippen molar-refractivity contribution >= 4 is 52.1 Å². The van der Waals surface area contributed by atoms with Crippen LogP contribution in [0.3, 0.4) is 0 Å². The molecule has 210 valence electrons. The molecule has 0 aliphatic carbocycles. The lowest BCUT2D eigenvalue weighted by molar-refractivity contribution is -0.148. The Bertz CT molecular complexity index is 1430. The number of benzene rings is 1. The molecule has 4 rings (SSSR count). The zero-order chi connectivity index (χ0) is 28.8. The number of hydrogen-bond acceptors (Lipinski definition) is 8. The van der Waals surface area contributed by atoms with Gasteiger partial charge in [-0.2, -0.15) is 5.26 Å². The van der Waals surface area contributed by atoms with Crippen LogP contribution < -0.4 is 10.5 Å². The maximum Gasteiger partial charge on any atom is 0.310 e. The maximum absolute atomic E-state index is 13.5. The summed E-state index contributed by atoms with van der Waals surface area (Å²) in [6, 6.07) is 12.0. The normalized spacial score (nSPS) is 18.4. The van der Waals surface area contributed by atoms with Gasteiger partial charge in [-0.15, -0.1) is 0 Å². The quantitative estimate of drug-likeness (QED) is 0.241. The number of nitriles is 1. The third kappa shape index (κ3) is 6.16. The summed E-state index contributed by atoms with van der Waals surface area (Å²) in [5.41, 5.74) is 1.97. The molecule has 2 saturated heterocycles. The van der Waals surface area contributed by atoms with Crippen LogP contribution in [-0.2, 0) is 27.3 Å². The number of pyridine rings is 1. The second-order valence-corrected chi connectivity index (χ2v) is 11.6. The Morgan fingerprint density at radius 1 is 1.23 bits per heavy atom. The third-order valence-electron chi connectivity index (χ3n) is 7.25. The topological polar surface area (TPSA) is 95.6 Å². The Kier molecular flexibility index (Phi) is 9.82. The minimum absolute atomic E-state index is 0.0574. The standard InChI is InChI=1S/C30H34N4O4S2/c1-4-14-33-26(32-15-9-12-22(19-32)29(37)38-5-2)23(20(3)24(18-31)27(33)35)17-25-28(36)34(30(39)40-25)16-13-21-10-7-6-8-11-21/h6-8,10-11,17,22H,4-5,9,12-16,19H2,1-3H3/b25-17+. The van der Waals surface area contributed by atoms with E-state index in [1.807, 2.05) is 42.2 Å². The van der Waals surface area contributed by atoms with Crippen molar-refractivity contribution in [1.29, 1.82) is 5.26 Å². The van der Waals surface area contributed by atoms with Gasteiger partial charge in [-0.1, -0.05) is 61.2 Å². The van der Waals surface area contributed by atoms with Crippen LogP contribution in [0.15, 0.2) is 40.0 Å². The van der Waals surface area contributed by atoms with Gasteiger partial charge in [-0.25, -0.2) is 0 Å². The molecule has 3 heterocycles. The molecule has 8 nitrogen and oxygen atoms in total. The van der Waals surface area contributed by atoms with E-state index in [0.29, 0.717) is 78.2 Å². The summed E-state index contributed by atoms with van der Waals surface area (Å²) in [5.74, 6) is -0.125. The van der Waals surface area contributed by atoms with Gasteiger partial charge in [0.25, 0.3) is 11.5 Å².